The van der Waals surface area contributed by atoms with Crippen LogP contribution in [0.3, 0.4) is 0 Å². The van der Waals surface area contributed by atoms with Crippen LogP contribution in [-0.4, -0.2) is 39.9 Å². The topological polar surface area (TPSA) is 56.5 Å². The third-order valence-corrected chi connectivity index (χ3v) is 6.62. The van der Waals surface area contributed by atoms with Crippen molar-refractivity contribution in [2.45, 2.75) is 38.8 Å². The van der Waals surface area contributed by atoms with E-state index < -0.39 is 6.10 Å². The van der Waals surface area contributed by atoms with Gasteiger partial charge in [0.2, 0.25) is 0 Å². The monoisotopic (exact) mass is 510 g/mol. The standard InChI is InChI=1S/C25H29Cl3N2O3/c1-17(12-26)14-32-23-6-4-18(10-21(23)27)25(2,3)19-5-7-24(22(28)11-19)33-15-20(31)13-30-9-8-29-16-30/h4-11,16-17,20,31H,12-15H2,1-3H3/t17-,20-/m1/s1. The molecule has 1 N–H and O–H groups in total. The fourth-order valence-corrected chi connectivity index (χ4v) is 3.89. The summed E-state index contributed by atoms with van der Waals surface area (Å²) in [6.07, 6.45) is 4.43. The van der Waals surface area contributed by atoms with Crippen LogP contribution in [0.5, 0.6) is 11.5 Å². The van der Waals surface area contributed by atoms with Gasteiger partial charge in [0.15, 0.2) is 0 Å². The summed E-state index contributed by atoms with van der Waals surface area (Å²) < 4.78 is 13.3. The third kappa shape index (κ3) is 6.80. The van der Waals surface area contributed by atoms with Gasteiger partial charge >= 0.3 is 0 Å². The number of alkyl halides is 1. The van der Waals surface area contributed by atoms with Crippen LogP contribution in [0.4, 0.5) is 0 Å². The molecule has 2 atom stereocenters. The highest BCUT2D eigenvalue weighted by atomic mass is 35.5. The lowest BCUT2D eigenvalue weighted by Crippen LogP contribution is -2.23. The lowest BCUT2D eigenvalue weighted by molar-refractivity contribution is 0.0925. The Kier molecular flexibility index (Phi) is 8.94. The molecule has 0 bridgehead atoms. The van der Waals surface area contributed by atoms with E-state index in [0.29, 0.717) is 40.6 Å². The smallest absolute Gasteiger partial charge is 0.138 e. The number of benzene rings is 2. The van der Waals surface area contributed by atoms with Crippen LogP contribution >= 0.6 is 34.8 Å². The molecule has 0 aliphatic heterocycles. The minimum Gasteiger partial charge on any atom is -0.492 e. The van der Waals surface area contributed by atoms with Gasteiger partial charge in [0, 0.05) is 29.6 Å². The van der Waals surface area contributed by atoms with Crippen LogP contribution in [0.25, 0.3) is 0 Å². The van der Waals surface area contributed by atoms with Crippen LogP contribution in [0.2, 0.25) is 10.0 Å². The van der Waals surface area contributed by atoms with Gasteiger partial charge in [-0.3, -0.25) is 0 Å². The first-order chi connectivity index (χ1) is 15.7. The Morgan fingerprint density at radius 3 is 2.06 bits per heavy atom. The molecule has 0 saturated carbocycles. The van der Waals surface area contributed by atoms with Gasteiger partial charge in [-0.15, -0.1) is 11.6 Å². The summed E-state index contributed by atoms with van der Waals surface area (Å²) in [6, 6.07) is 11.5. The Hall–Kier alpha value is -1.92. The minimum absolute atomic E-state index is 0.125. The van der Waals surface area contributed by atoms with Gasteiger partial charge in [-0.2, -0.15) is 0 Å². The third-order valence-electron chi connectivity index (χ3n) is 5.51. The molecule has 3 aromatic rings. The first-order valence-electron chi connectivity index (χ1n) is 10.8. The summed E-state index contributed by atoms with van der Waals surface area (Å²) in [6.45, 7) is 7.27. The zero-order chi connectivity index (χ0) is 24.0. The van der Waals surface area contributed by atoms with Crippen LogP contribution in [0.15, 0.2) is 55.1 Å². The molecule has 0 aliphatic rings. The Morgan fingerprint density at radius 2 is 1.58 bits per heavy atom. The zero-order valence-corrected chi connectivity index (χ0v) is 21.2. The highest BCUT2D eigenvalue weighted by molar-refractivity contribution is 6.32. The number of ether oxygens (including phenoxy) is 2. The number of hydrogen-bond donors (Lipinski definition) is 1. The Balaban J connectivity index is 1.68. The van der Waals surface area contributed by atoms with E-state index in [2.05, 4.69) is 18.8 Å². The molecular weight excluding hydrogens is 483 g/mol. The van der Waals surface area contributed by atoms with Gasteiger partial charge in [0.25, 0.3) is 0 Å². The zero-order valence-electron chi connectivity index (χ0n) is 19.0. The molecule has 8 heteroatoms. The second kappa shape index (κ2) is 11.5. The number of aliphatic hydroxyl groups excluding tert-OH is 1. The first-order valence-corrected chi connectivity index (χ1v) is 12.0. The highest BCUT2D eigenvalue weighted by Gasteiger charge is 2.25. The maximum atomic E-state index is 10.2. The van der Waals surface area contributed by atoms with Crippen LogP contribution < -0.4 is 9.47 Å². The van der Waals surface area contributed by atoms with E-state index in [1.165, 1.54) is 0 Å². The molecule has 5 nitrogen and oxygen atoms in total. The summed E-state index contributed by atoms with van der Waals surface area (Å²) in [7, 11) is 0. The maximum absolute atomic E-state index is 10.2. The summed E-state index contributed by atoms with van der Waals surface area (Å²) in [5, 5.41) is 11.2. The van der Waals surface area contributed by atoms with E-state index in [1.807, 2.05) is 43.3 Å². The van der Waals surface area contributed by atoms with Crippen LogP contribution in [0.1, 0.15) is 31.9 Å². The van der Waals surface area contributed by atoms with E-state index in [1.54, 1.807) is 23.3 Å². The molecular formula is C25H29Cl3N2O3. The molecule has 3 rings (SSSR count). The molecule has 0 amide bonds. The van der Waals surface area contributed by atoms with Crippen molar-refractivity contribution in [3.05, 3.63) is 76.3 Å². The van der Waals surface area contributed by atoms with Crippen molar-refractivity contribution in [1.29, 1.82) is 0 Å². The average Bonchev–Trinajstić information content (AvgIpc) is 3.30. The molecule has 1 heterocycles. The van der Waals surface area contributed by atoms with E-state index in [0.717, 1.165) is 11.1 Å². The van der Waals surface area contributed by atoms with E-state index >= 15 is 0 Å². The molecule has 0 aliphatic carbocycles. The molecule has 33 heavy (non-hydrogen) atoms. The quantitative estimate of drug-likeness (QED) is 0.311. The van der Waals surface area contributed by atoms with E-state index in [9.17, 15) is 5.11 Å². The summed E-state index contributed by atoms with van der Waals surface area (Å²) in [4.78, 5) is 3.96. The van der Waals surface area contributed by atoms with Crippen molar-refractivity contribution in [3.8, 4) is 11.5 Å². The SMILES string of the molecule is C[C@H](CCl)COc1ccc(C(C)(C)c2ccc(OC[C@H](O)Cn3ccnc3)c(Cl)c2)cc1Cl. The maximum Gasteiger partial charge on any atom is 0.138 e. The van der Waals surface area contributed by atoms with Gasteiger partial charge < -0.3 is 19.1 Å². The predicted octanol–water partition coefficient (Wildman–Crippen LogP) is 6.21. The molecule has 0 saturated heterocycles. The molecule has 2 aromatic carbocycles. The van der Waals surface area contributed by atoms with Crippen molar-refractivity contribution in [2.75, 3.05) is 19.1 Å². The Morgan fingerprint density at radius 1 is 1.00 bits per heavy atom. The van der Waals surface area contributed by atoms with Gasteiger partial charge in [-0.1, -0.05) is 56.1 Å². The predicted molar refractivity (Wildman–Crippen MR) is 134 cm³/mol. The largest absolute Gasteiger partial charge is 0.492 e. The second-order valence-corrected chi connectivity index (χ2v) is 9.83. The van der Waals surface area contributed by atoms with Gasteiger partial charge in [0.05, 0.1) is 29.5 Å². The molecule has 1 aromatic heterocycles. The summed E-state index contributed by atoms with van der Waals surface area (Å²) >= 11 is 18.9. The molecule has 0 radical (unpaired) electrons. The van der Waals surface area contributed by atoms with Crippen molar-refractivity contribution >= 4 is 34.8 Å². The summed E-state index contributed by atoms with van der Waals surface area (Å²) in [5.41, 5.74) is 1.69. The fraction of sp³-hybridized carbons (Fsp3) is 0.400. The van der Waals surface area contributed by atoms with E-state index in [4.69, 9.17) is 44.3 Å². The molecule has 178 valence electrons. The number of rotatable bonds is 11. The van der Waals surface area contributed by atoms with Gasteiger partial charge in [-0.05, 0) is 35.4 Å². The first kappa shape index (κ1) is 25.7. The number of halogens is 3. The number of imidazole rings is 1. The van der Waals surface area contributed by atoms with Crippen molar-refractivity contribution in [2.24, 2.45) is 5.92 Å². The van der Waals surface area contributed by atoms with E-state index in [-0.39, 0.29) is 17.9 Å². The number of nitrogens with zero attached hydrogens (tertiary/aromatic N) is 2. The Labute approximate surface area is 210 Å². The van der Waals surface area contributed by atoms with Gasteiger partial charge in [0.1, 0.15) is 24.2 Å². The van der Waals surface area contributed by atoms with Crippen molar-refractivity contribution in [1.82, 2.24) is 9.55 Å². The fourth-order valence-electron chi connectivity index (χ4n) is 3.33. The van der Waals surface area contributed by atoms with Crippen LogP contribution in [-0.2, 0) is 12.0 Å². The van der Waals surface area contributed by atoms with Crippen LogP contribution in [0, 0.1) is 5.92 Å². The minimum atomic E-state index is -0.679. The second-order valence-electron chi connectivity index (χ2n) is 8.71. The van der Waals surface area contributed by atoms with Crippen molar-refractivity contribution < 1.29 is 14.6 Å². The average molecular weight is 512 g/mol. The molecule has 0 unspecified atom stereocenters. The summed E-state index contributed by atoms with van der Waals surface area (Å²) in [5.74, 6) is 1.95. The molecule has 0 fully saturated rings. The lowest BCUT2D eigenvalue weighted by atomic mass is 9.78. The molecule has 0 spiro atoms. The van der Waals surface area contributed by atoms with Gasteiger partial charge in [-0.25, -0.2) is 4.98 Å². The number of aromatic nitrogens is 2. The van der Waals surface area contributed by atoms with Crippen molar-refractivity contribution in [3.63, 3.8) is 0 Å². The highest BCUT2D eigenvalue weighted by Crippen LogP contribution is 2.38. The number of aliphatic hydroxyl groups is 1. The lowest BCUT2D eigenvalue weighted by Gasteiger charge is -2.27. The normalized spacial score (nSPS) is 13.5. The number of hydrogen-bond acceptors (Lipinski definition) is 4. The Bertz CT molecular complexity index is 1040.